The van der Waals surface area contributed by atoms with Crippen molar-refractivity contribution < 1.29 is 23.8 Å². The van der Waals surface area contributed by atoms with Gasteiger partial charge in [0.2, 0.25) is 11.8 Å². The van der Waals surface area contributed by atoms with Crippen molar-refractivity contribution in [3.63, 3.8) is 0 Å². The zero-order valence-corrected chi connectivity index (χ0v) is 19.2. The van der Waals surface area contributed by atoms with E-state index in [0.29, 0.717) is 39.4 Å². The van der Waals surface area contributed by atoms with E-state index >= 15 is 0 Å². The summed E-state index contributed by atoms with van der Waals surface area (Å²) in [5, 5.41) is 2.86. The number of hydrogen-bond donors (Lipinski definition) is 1. The summed E-state index contributed by atoms with van der Waals surface area (Å²) in [5.74, 6) is 0.602. The number of nitrogens with zero attached hydrogens (tertiary/aromatic N) is 2. The maximum Gasteiger partial charge on any atom is 0.248 e. The van der Waals surface area contributed by atoms with Gasteiger partial charge in [-0.3, -0.25) is 14.5 Å². The molecule has 0 radical (unpaired) electrons. The molecule has 0 bridgehead atoms. The fraction of sp³-hybridized carbons (Fsp3) is 0.440. The maximum atomic E-state index is 13.0. The van der Waals surface area contributed by atoms with Gasteiger partial charge < -0.3 is 24.4 Å². The normalized spacial score (nSPS) is 21.0. The molecule has 0 saturated carbocycles. The molecule has 2 heterocycles. The summed E-state index contributed by atoms with van der Waals surface area (Å²) >= 11 is 0. The number of hydrogen-bond acceptors (Lipinski definition) is 6. The molecule has 0 aromatic heterocycles. The first-order valence-electron chi connectivity index (χ1n) is 11.2. The molecule has 2 fully saturated rings. The van der Waals surface area contributed by atoms with E-state index in [-0.39, 0.29) is 18.4 Å². The van der Waals surface area contributed by atoms with Crippen LogP contribution in [0.5, 0.6) is 5.75 Å². The minimum atomic E-state index is -0.637. The Morgan fingerprint density at radius 1 is 1.00 bits per heavy atom. The molecular weight excluding hydrogens is 422 g/mol. The Morgan fingerprint density at radius 2 is 1.82 bits per heavy atom. The highest BCUT2D eigenvalue weighted by atomic mass is 16.5. The fourth-order valence-corrected chi connectivity index (χ4v) is 4.44. The molecule has 8 heteroatoms. The van der Waals surface area contributed by atoms with Crippen LogP contribution < -0.4 is 10.1 Å². The Hall–Kier alpha value is -2.94. The monoisotopic (exact) mass is 453 g/mol. The van der Waals surface area contributed by atoms with Crippen molar-refractivity contribution in [1.29, 1.82) is 0 Å². The molecule has 2 aliphatic heterocycles. The second-order valence-corrected chi connectivity index (χ2v) is 8.42. The maximum absolute atomic E-state index is 13.0. The first kappa shape index (κ1) is 23.2. The SMILES string of the molecule is COCc1cc(CN2CCN3C(=O)[C@H](COCc4ccccc4)NC(=O)[C@H]3C2)ccc1OC. The first-order chi connectivity index (χ1) is 16.1. The smallest absolute Gasteiger partial charge is 0.248 e. The Kier molecular flexibility index (Phi) is 7.59. The third-order valence-electron chi connectivity index (χ3n) is 6.11. The number of fused-ring (bicyclic) bond motifs is 1. The zero-order chi connectivity index (χ0) is 23.2. The van der Waals surface area contributed by atoms with Crippen LogP contribution in [0.15, 0.2) is 48.5 Å². The third-order valence-corrected chi connectivity index (χ3v) is 6.11. The van der Waals surface area contributed by atoms with Gasteiger partial charge >= 0.3 is 0 Å². The van der Waals surface area contributed by atoms with Crippen LogP contribution in [-0.2, 0) is 38.8 Å². The van der Waals surface area contributed by atoms with Gasteiger partial charge in [0.05, 0.1) is 26.9 Å². The highest BCUT2D eigenvalue weighted by Gasteiger charge is 2.43. The van der Waals surface area contributed by atoms with Gasteiger partial charge in [-0.2, -0.15) is 0 Å². The van der Waals surface area contributed by atoms with Crippen molar-refractivity contribution in [3.8, 4) is 5.75 Å². The number of ether oxygens (including phenoxy) is 3. The van der Waals surface area contributed by atoms with Crippen molar-refractivity contribution in [2.75, 3.05) is 40.5 Å². The number of nitrogens with one attached hydrogen (secondary N) is 1. The lowest BCUT2D eigenvalue weighted by Crippen LogP contribution is -2.69. The summed E-state index contributed by atoms with van der Waals surface area (Å²) in [7, 11) is 3.30. The first-order valence-corrected chi connectivity index (χ1v) is 11.2. The number of methoxy groups -OCH3 is 2. The number of carbonyl (C=O) groups excluding carboxylic acids is 2. The summed E-state index contributed by atoms with van der Waals surface area (Å²) < 4.78 is 16.4. The number of amides is 2. The van der Waals surface area contributed by atoms with E-state index in [1.54, 1.807) is 19.1 Å². The van der Waals surface area contributed by atoms with Gasteiger partial charge in [0, 0.05) is 38.9 Å². The van der Waals surface area contributed by atoms with E-state index in [4.69, 9.17) is 14.2 Å². The van der Waals surface area contributed by atoms with Gasteiger partial charge in [0.1, 0.15) is 17.8 Å². The van der Waals surface area contributed by atoms with Crippen LogP contribution in [-0.4, -0.2) is 74.2 Å². The van der Waals surface area contributed by atoms with Crippen LogP contribution in [0.2, 0.25) is 0 Å². The molecular formula is C25H31N3O5. The quantitative estimate of drug-likeness (QED) is 0.621. The number of carbonyl (C=O) groups is 2. The van der Waals surface area contributed by atoms with Crippen LogP contribution in [0.4, 0.5) is 0 Å². The average Bonchev–Trinajstić information content (AvgIpc) is 2.83. The minimum Gasteiger partial charge on any atom is -0.496 e. The van der Waals surface area contributed by atoms with Crippen LogP contribution in [0.3, 0.4) is 0 Å². The fourth-order valence-electron chi connectivity index (χ4n) is 4.44. The van der Waals surface area contributed by atoms with Gasteiger partial charge in [-0.05, 0) is 23.3 Å². The van der Waals surface area contributed by atoms with Crippen LogP contribution in [0.1, 0.15) is 16.7 Å². The Morgan fingerprint density at radius 3 is 2.58 bits per heavy atom. The number of benzene rings is 2. The topological polar surface area (TPSA) is 80.3 Å². The lowest BCUT2D eigenvalue weighted by Gasteiger charge is -2.45. The van der Waals surface area contributed by atoms with Crippen molar-refractivity contribution in [3.05, 3.63) is 65.2 Å². The van der Waals surface area contributed by atoms with Gasteiger partial charge in [-0.1, -0.05) is 36.4 Å². The molecule has 1 N–H and O–H groups in total. The number of piperazine rings is 2. The summed E-state index contributed by atoms with van der Waals surface area (Å²) in [5.41, 5.74) is 3.14. The standard InChI is InChI=1S/C25H31N3O5/c1-31-16-20-12-19(8-9-23(20)32-2)13-27-10-11-28-22(14-27)24(29)26-21(25(28)30)17-33-15-18-6-4-3-5-7-18/h3-9,12,21-22H,10-11,13-17H2,1-2H3,(H,26,29)/t21-,22+/m0/s1. The molecule has 2 aromatic rings. The molecule has 0 spiro atoms. The molecule has 8 nitrogen and oxygen atoms in total. The summed E-state index contributed by atoms with van der Waals surface area (Å²) in [6, 6.07) is 14.7. The van der Waals surface area contributed by atoms with Gasteiger partial charge in [0.25, 0.3) is 0 Å². The van der Waals surface area contributed by atoms with E-state index < -0.39 is 12.1 Å². The summed E-state index contributed by atoms with van der Waals surface area (Å²) in [4.78, 5) is 29.7. The van der Waals surface area contributed by atoms with E-state index in [2.05, 4.69) is 16.3 Å². The molecule has 33 heavy (non-hydrogen) atoms. The summed E-state index contributed by atoms with van der Waals surface area (Å²) in [6.07, 6.45) is 0. The van der Waals surface area contributed by atoms with Crippen LogP contribution in [0, 0.1) is 0 Å². The molecule has 0 aliphatic carbocycles. The molecule has 0 unspecified atom stereocenters. The average molecular weight is 454 g/mol. The molecule has 176 valence electrons. The largest absolute Gasteiger partial charge is 0.496 e. The second kappa shape index (κ2) is 10.8. The Labute approximate surface area is 194 Å². The van der Waals surface area contributed by atoms with Crippen LogP contribution in [0.25, 0.3) is 0 Å². The third kappa shape index (κ3) is 5.52. The summed E-state index contributed by atoms with van der Waals surface area (Å²) in [6.45, 7) is 3.46. The molecule has 2 aromatic carbocycles. The van der Waals surface area contributed by atoms with Crippen LogP contribution >= 0.6 is 0 Å². The van der Waals surface area contributed by atoms with E-state index in [1.807, 2.05) is 42.5 Å². The van der Waals surface area contributed by atoms with E-state index in [9.17, 15) is 9.59 Å². The second-order valence-electron chi connectivity index (χ2n) is 8.42. The minimum absolute atomic E-state index is 0.0702. The van der Waals surface area contributed by atoms with Crippen molar-refractivity contribution >= 4 is 11.8 Å². The Bertz CT molecular complexity index is 968. The zero-order valence-electron chi connectivity index (χ0n) is 19.2. The molecule has 2 atom stereocenters. The van der Waals surface area contributed by atoms with E-state index in [1.165, 1.54) is 0 Å². The van der Waals surface area contributed by atoms with Gasteiger partial charge in [0.15, 0.2) is 0 Å². The lowest BCUT2D eigenvalue weighted by atomic mass is 10.0. The molecule has 2 amide bonds. The predicted molar refractivity (Wildman–Crippen MR) is 123 cm³/mol. The molecule has 4 rings (SSSR count). The van der Waals surface area contributed by atoms with Crippen molar-refractivity contribution in [2.24, 2.45) is 0 Å². The van der Waals surface area contributed by atoms with E-state index in [0.717, 1.165) is 22.4 Å². The lowest BCUT2D eigenvalue weighted by molar-refractivity contribution is -0.155. The molecule has 2 aliphatic rings. The predicted octanol–water partition coefficient (Wildman–Crippen LogP) is 1.57. The number of rotatable bonds is 9. The Balaban J connectivity index is 1.33. The van der Waals surface area contributed by atoms with Crippen molar-refractivity contribution in [2.45, 2.75) is 31.8 Å². The van der Waals surface area contributed by atoms with Gasteiger partial charge in [-0.25, -0.2) is 0 Å². The highest BCUT2D eigenvalue weighted by Crippen LogP contribution is 2.23. The van der Waals surface area contributed by atoms with Gasteiger partial charge in [-0.15, -0.1) is 0 Å². The highest BCUT2D eigenvalue weighted by molar-refractivity contribution is 5.97. The molecule has 2 saturated heterocycles. The van der Waals surface area contributed by atoms with Crippen molar-refractivity contribution in [1.82, 2.24) is 15.1 Å².